The zero-order chi connectivity index (χ0) is 31.6. The summed E-state index contributed by atoms with van der Waals surface area (Å²) in [6.07, 6.45) is -8.93. The molecule has 3 fully saturated rings. The van der Waals surface area contributed by atoms with Crippen LogP contribution >= 0.6 is 0 Å². The Bertz CT molecular complexity index is 633. The molecule has 40 heavy (non-hydrogen) atoms. The van der Waals surface area contributed by atoms with Gasteiger partial charge < -0.3 is 15.1 Å². The summed E-state index contributed by atoms with van der Waals surface area (Å²) in [5, 5.41) is 134. The summed E-state index contributed by atoms with van der Waals surface area (Å²) in [6, 6.07) is 0. The SMILES string of the molecule is OC[C@H]1O[C]([Ca+])(CO)[C@@H](O)[C@@H]1O.OC[C@H]1O[C]([Ca+])(CO)[C@@H](O)[C@@H]1O.OC[C@H]1O[C]([Ca+])(CO)[C@@H](O)[C@@H]1O.[O-]B([O-])[O-]. The maximum absolute atomic E-state index is 9.40. The molecule has 3 unspecified atom stereocenters. The van der Waals surface area contributed by atoms with E-state index in [1.807, 2.05) is 0 Å². The fourth-order valence-electron chi connectivity index (χ4n) is 3.69. The van der Waals surface area contributed by atoms with Crippen molar-refractivity contribution >= 4 is 115 Å². The number of ether oxygens (including phenoxy) is 3. The Morgan fingerprint density at radius 1 is 0.500 bits per heavy atom. The van der Waals surface area contributed by atoms with Gasteiger partial charge >= 0.3 is 283 Å². The third-order valence-corrected chi connectivity index (χ3v) is 10.0. The van der Waals surface area contributed by atoms with Crippen LogP contribution in [0.1, 0.15) is 0 Å². The standard InChI is InChI=1S/3C6H11O5.BO3.3Ca/c3*7-1-3-5(9)6(10)4(2-8)11-3;2-1(3)4;;;/h3*3,5-10H,1-2H2;;;;/q;;;-3;3*+1/t3*3-,5-,6-;;;;/m111..../s1. The molecule has 0 saturated carbocycles. The van der Waals surface area contributed by atoms with Crippen LogP contribution in [-0.2, 0) is 14.2 Å². The molecule has 0 bridgehead atoms. The third kappa shape index (κ3) is 11.7. The number of hydrogen-bond acceptors (Lipinski definition) is 18. The second-order valence-corrected chi connectivity index (χ2v) is 14.9. The maximum Gasteiger partial charge on any atom is -0.278 e. The zero-order valence-corrected chi connectivity index (χ0v) is 28.1. The summed E-state index contributed by atoms with van der Waals surface area (Å²) < 4.78 is 12.3. The average molecular weight is 668 g/mol. The van der Waals surface area contributed by atoms with E-state index in [1.165, 1.54) is 0 Å². The molecule has 22 heteroatoms. The van der Waals surface area contributed by atoms with Crippen LogP contribution in [0.5, 0.6) is 0 Å². The molecule has 0 spiro atoms. The van der Waals surface area contributed by atoms with E-state index in [-0.39, 0.29) is 39.6 Å². The second-order valence-electron chi connectivity index (χ2n) is 9.28. The van der Waals surface area contributed by atoms with Crippen LogP contribution in [0.4, 0.5) is 0 Å². The van der Waals surface area contributed by atoms with Gasteiger partial charge in [-0.3, -0.25) is 7.32 Å². The Morgan fingerprint density at radius 3 is 0.750 bits per heavy atom. The molecule has 12 N–H and O–H groups in total. The van der Waals surface area contributed by atoms with Crippen LogP contribution in [0, 0.1) is 0 Å². The molecular formula is C18H33BCa3O18. The van der Waals surface area contributed by atoms with Crippen molar-refractivity contribution in [1.29, 1.82) is 0 Å². The van der Waals surface area contributed by atoms with Gasteiger partial charge in [0.15, 0.2) is 0 Å². The minimum absolute atomic E-state index is 0.332. The van der Waals surface area contributed by atoms with Crippen molar-refractivity contribution in [3.63, 3.8) is 0 Å². The van der Waals surface area contributed by atoms with Crippen molar-refractivity contribution in [2.45, 2.75) is 60.0 Å². The fraction of sp³-hybridized carbons (Fsp3) is 1.00. The molecule has 0 aliphatic carbocycles. The van der Waals surface area contributed by atoms with Crippen LogP contribution in [-0.4, -0.2) is 276 Å². The molecular weight excluding hydrogens is 635 g/mol. The quantitative estimate of drug-likeness (QED) is 0.117. The average Bonchev–Trinajstić information content (AvgIpc) is 3.40. The molecule has 0 aromatic heterocycles. The Hall–Kier alpha value is 3.12. The first kappa shape index (κ1) is 43.1. The summed E-state index contributed by atoms with van der Waals surface area (Å²) in [6.45, 7) is -2.04. The Morgan fingerprint density at radius 2 is 0.675 bits per heavy atom. The van der Waals surface area contributed by atoms with Gasteiger partial charge in [-0.2, -0.15) is 0 Å². The summed E-state index contributed by atoms with van der Waals surface area (Å²) in [4.78, 5) is 0. The minimum Gasteiger partial charge on any atom is -0.907 e. The Kier molecular flexibility index (Phi) is 21.2. The summed E-state index contributed by atoms with van der Waals surface area (Å²) in [5.41, 5.74) is 0. The van der Waals surface area contributed by atoms with Crippen molar-refractivity contribution in [1.82, 2.24) is 0 Å². The van der Waals surface area contributed by atoms with Gasteiger partial charge in [0.25, 0.3) is 0 Å². The van der Waals surface area contributed by atoms with E-state index >= 15 is 0 Å². The molecule has 18 nitrogen and oxygen atoms in total. The Labute approximate surface area is 300 Å². The van der Waals surface area contributed by atoms with E-state index in [9.17, 15) is 30.6 Å². The minimum atomic E-state index is -2.92. The molecule has 12 atom stereocenters. The van der Waals surface area contributed by atoms with Crippen LogP contribution < -0.4 is 15.1 Å². The van der Waals surface area contributed by atoms with Gasteiger partial charge in [-0.15, -0.1) is 0 Å². The number of aliphatic hydroxyl groups excluding tert-OH is 12. The van der Waals surface area contributed by atoms with Crippen LogP contribution in [0.2, 0.25) is 0 Å². The normalized spacial score (nSPS) is 44.2. The molecule has 3 saturated heterocycles. The molecule has 0 amide bonds. The monoisotopic (exact) mass is 668 g/mol. The van der Waals surface area contributed by atoms with Gasteiger partial charge in [-0.05, 0) is 0 Å². The van der Waals surface area contributed by atoms with E-state index in [1.54, 1.807) is 0 Å². The zero-order valence-electron chi connectivity index (χ0n) is 21.5. The van der Waals surface area contributed by atoms with E-state index in [2.05, 4.69) is 0 Å². The van der Waals surface area contributed by atoms with Gasteiger partial charge in [0.05, 0.1) is 0 Å². The van der Waals surface area contributed by atoms with Crippen LogP contribution in [0.25, 0.3) is 0 Å². The van der Waals surface area contributed by atoms with E-state index in [0.29, 0.717) is 107 Å². The first-order chi connectivity index (χ1) is 18.4. The van der Waals surface area contributed by atoms with Crippen molar-refractivity contribution < 1.29 is 90.6 Å². The predicted octanol–water partition coefficient (Wildman–Crippen LogP) is -13.1. The van der Waals surface area contributed by atoms with Gasteiger partial charge in [0.2, 0.25) is 0 Å². The molecule has 3 aliphatic rings. The van der Waals surface area contributed by atoms with Gasteiger partial charge in [0.1, 0.15) is 0 Å². The summed E-state index contributed by atoms with van der Waals surface area (Å²) in [7, 11) is -2.92. The van der Waals surface area contributed by atoms with Crippen molar-refractivity contribution in [2.24, 2.45) is 0 Å². The van der Waals surface area contributed by atoms with Crippen molar-refractivity contribution in [2.75, 3.05) is 39.6 Å². The van der Waals surface area contributed by atoms with Crippen LogP contribution in [0.3, 0.4) is 0 Å². The fourth-order valence-corrected chi connectivity index (χ4v) is 5.83. The van der Waals surface area contributed by atoms with E-state index in [0.717, 1.165) is 0 Å². The van der Waals surface area contributed by atoms with E-state index in [4.69, 9.17) is 59.9 Å². The third-order valence-electron chi connectivity index (χ3n) is 6.23. The molecule has 3 rings (SSSR count). The largest absolute Gasteiger partial charge is 0.907 e. The summed E-state index contributed by atoms with van der Waals surface area (Å²) in [5.74, 6) is 0. The topological polar surface area (TPSA) is 340 Å². The maximum atomic E-state index is 9.40. The molecule has 0 aromatic rings. The molecule has 222 valence electrons. The van der Waals surface area contributed by atoms with Crippen molar-refractivity contribution in [3.8, 4) is 0 Å². The number of rotatable bonds is 6. The van der Waals surface area contributed by atoms with Gasteiger partial charge in [0, 0.05) is 0 Å². The van der Waals surface area contributed by atoms with Crippen molar-refractivity contribution in [3.05, 3.63) is 0 Å². The Balaban J connectivity index is 0.000000534. The van der Waals surface area contributed by atoms with Gasteiger partial charge in [-0.1, -0.05) is 0 Å². The first-order valence-corrected chi connectivity index (χ1v) is 15.0. The summed E-state index contributed by atoms with van der Waals surface area (Å²) >= 11 is 1.54. The molecule has 0 aromatic carbocycles. The molecule has 0 radical (unpaired) electrons. The molecule has 3 heterocycles. The first-order valence-electron chi connectivity index (χ1n) is 11.7. The number of hydrogen-bond donors (Lipinski definition) is 12. The smallest absolute Gasteiger partial charge is 0.278 e. The van der Waals surface area contributed by atoms with E-state index < -0.39 is 67.4 Å². The number of aliphatic hydroxyl groups is 12. The van der Waals surface area contributed by atoms with Gasteiger partial charge in [-0.25, -0.2) is 0 Å². The predicted molar refractivity (Wildman–Crippen MR) is 124 cm³/mol. The van der Waals surface area contributed by atoms with Crippen LogP contribution in [0.15, 0.2) is 0 Å². The second kappa shape index (κ2) is 19.7. The molecule has 3 aliphatic heterocycles.